The molecule has 2 heterocycles. The summed E-state index contributed by atoms with van der Waals surface area (Å²) in [5.74, 6) is 0.549. The molecular formula is C16H18ClN3O2. The molecule has 2 N–H and O–H groups in total. The first-order valence-corrected chi connectivity index (χ1v) is 7.72. The van der Waals surface area contributed by atoms with Crippen LogP contribution in [0.25, 0.3) is 10.9 Å². The molecule has 0 aliphatic carbocycles. The lowest BCUT2D eigenvalue weighted by atomic mass is 10.1. The number of benzene rings is 1. The molecule has 1 aliphatic rings. The minimum absolute atomic E-state index is 0.00252. The zero-order chi connectivity index (χ0) is 15.5. The molecular weight excluding hydrogens is 302 g/mol. The summed E-state index contributed by atoms with van der Waals surface area (Å²) in [5, 5.41) is 1.44. The molecule has 0 radical (unpaired) electrons. The number of rotatable bonds is 3. The van der Waals surface area contributed by atoms with Gasteiger partial charge in [0.1, 0.15) is 11.3 Å². The Labute approximate surface area is 134 Å². The first-order chi connectivity index (χ1) is 10.6. The predicted octanol–water partition coefficient (Wildman–Crippen LogP) is 2.22. The molecule has 0 atom stereocenters. The molecule has 6 heteroatoms. The minimum atomic E-state index is -0.0223. The Bertz CT molecular complexity index is 684. The Morgan fingerprint density at radius 1 is 1.36 bits per heavy atom. The summed E-state index contributed by atoms with van der Waals surface area (Å²) in [4.78, 5) is 18.3. The van der Waals surface area contributed by atoms with Crippen molar-refractivity contribution in [1.29, 1.82) is 0 Å². The lowest BCUT2D eigenvalue weighted by Gasteiger charge is -2.30. The maximum absolute atomic E-state index is 12.2. The van der Waals surface area contributed by atoms with Gasteiger partial charge in [0.25, 0.3) is 5.91 Å². The smallest absolute Gasteiger partial charge is 0.260 e. The third-order valence-electron chi connectivity index (χ3n) is 3.92. The van der Waals surface area contributed by atoms with E-state index in [4.69, 9.17) is 22.1 Å². The second kappa shape index (κ2) is 6.50. The third kappa shape index (κ3) is 3.15. The van der Waals surface area contributed by atoms with Crippen molar-refractivity contribution in [3.8, 4) is 5.75 Å². The summed E-state index contributed by atoms with van der Waals surface area (Å²) in [7, 11) is 0. The second-order valence-corrected chi connectivity index (χ2v) is 5.86. The van der Waals surface area contributed by atoms with Gasteiger partial charge in [0.15, 0.2) is 6.61 Å². The van der Waals surface area contributed by atoms with Crippen LogP contribution in [0.15, 0.2) is 30.5 Å². The van der Waals surface area contributed by atoms with Crippen molar-refractivity contribution in [3.63, 3.8) is 0 Å². The van der Waals surface area contributed by atoms with Crippen LogP contribution < -0.4 is 10.5 Å². The summed E-state index contributed by atoms with van der Waals surface area (Å²) >= 11 is 6.14. The van der Waals surface area contributed by atoms with Crippen LogP contribution in [0.2, 0.25) is 5.02 Å². The van der Waals surface area contributed by atoms with Gasteiger partial charge in [-0.2, -0.15) is 0 Å². The third-order valence-corrected chi connectivity index (χ3v) is 4.25. The molecule has 5 nitrogen and oxygen atoms in total. The van der Waals surface area contributed by atoms with E-state index in [1.54, 1.807) is 23.2 Å². The summed E-state index contributed by atoms with van der Waals surface area (Å²) in [6.45, 7) is 1.40. The van der Waals surface area contributed by atoms with Gasteiger partial charge in [0.2, 0.25) is 0 Å². The van der Waals surface area contributed by atoms with Crippen molar-refractivity contribution < 1.29 is 9.53 Å². The number of carbonyl (C=O) groups is 1. The largest absolute Gasteiger partial charge is 0.481 e. The highest BCUT2D eigenvalue weighted by molar-refractivity contribution is 6.35. The van der Waals surface area contributed by atoms with Crippen LogP contribution in [0.4, 0.5) is 0 Å². The van der Waals surface area contributed by atoms with Crippen LogP contribution in [0.5, 0.6) is 5.75 Å². The maximum atomic E-state index is 12.2. The van der Waals surface area contributed by atoms with E-state index in [0.717, 1.165) is 18.2 Å². The van der Waals surface area contributed by atoms with Gasteiger partial charge in [-0.1, -0.05) is 11.6 Å². The number of pyridine rings is 1. The van der Waals surface area contributed by atoms with Gasteiger partial charge in [0, 0.05) is 30.7 Å². The first-order valence-electron chi connectivity index (χ1n) is 7.34. The first kappa shape index (κ1) is 15.1. The van der Waals surface area contributed by atoms with Gasteiger partial charge < -0.3 is 15.4 Å². The van der Waals surface area contributed by atoms with E-state index in [9.17, 15) is 4.79 Å². The monoisotopic (exact) mass is 319 g/mol. The number of nitrogens with two attached hydrogens (primary N) is 1. The molecule has 1 amide bonds. The molecule has 0 unspecified atom stereocenters. The Kier molecular flexibility index (Phi) is 4.45. The molecule has 2 aromatic rings. The highest BCUT2D eigenvalue weighted by Gasteiger charge is 2.21. The van der Waals surface area contributed by atoms with E-state index in [1.165, 1.54) is 0 Å². The predicted molar refractivity (Wildman–Crippen MR) is 86.0 cm³/mol. The minimum Gasteiger partial charge on any atom is -0.481 e. The van der Waals surface area contributed by atoms with Gasteiger partial charge in [0.05, 0.1) is 5.02 Å². The number of ether oxygens (including phenoxy) is 1. The van der Waals surface area contributed by atoms with Gasteiger partial charge in [-0.05, 0) is 37.1 Å². The number of amides is 1. The van der Waals surface area contributed by atoms with Crippen molar-refractivity contribution in [1.82, 2.24) is 9.88 Å². The van der Waals surface area contributed by atoms with E-state index in [2.05, 4.69) is 4.98 Å². The fourth-order valence-electron chi connectivity index (χ4n) is 2.61. The van der Waals surface area contributed by atoms with Crippen molar-refractivity contribution in [3.05, 3.63) is 35.5 Å². The topological polar surface area (TPSA) is 68.5 Å². The number of fused-ring (bicyclic) bond motifs is 1. The van der Waals surface area contributed by atoms with E-state index in [1.807, 2.05) is 12.1 Å². The van der Waals surface area contributed by atoms with Gasteiger partial charge in [-0.3, -0.25) is 9.78 Å². The molecule has 0 saturated carbocycles. The van der Waals surface area contributed by atoms with E-state index < -0.39 is 0 Å². The molecule has 1 aromatic carbocycles. The molecule has 22 heavy (non-hydrogen) atoms. The SMILES string of the molecule is NC1CCN(C(=O)COc2ccc(Cl)c3cccnc23)CC1. The van der Waals surface area contributed by atoms with Crippen molar-refractivity contribution in [2.24, 2.45) is 5.73 Å². The van der Waals surface area contributed by atoms with Crippen LogP contribution in [0.3, 0.4) is 0 Å². The number of hydrogen-bond acceptors (Lipinski definition) is 4. The average molecular weight is 320 g/mol. The summed E-state index contributed by atoms with van der Waals surface area (Å²) in [6, 6.07) is 7.41. The Hall–Kier alpha value is -1.85. The Balaban J connectivity index is 1.69. The zero-order valence-electron chi connectivity index (χ0n) is 12.2. The molecule has 3 rings (SSSR count). The van der Waals surface area contributed by atoms with Crippen molar-refractivity contribution >= 4 is 28.4 Å². The maximum Gasteiger partial charge on any atom is 0.260 e. The number of likely N-dealkylation sites (tertiary alicyclic amines) is 1. The molecule has 1 aromatic heterocycles. The number of carbonyl (C=O) groups excluding carboxylic acids is 1. The van der Waals surface area contributed by atoms with Gasteiger partial charge >= 0.3 is 0 Å². The second-order valence-electron chi connectivity index (χ2n) is 5.45. The van der Waals surface area contributed by atoms with E-state index >= 15 is 0 Å². The summed E-state index contributed by atoms with van der Waals surface area (Å²) in [5.41, 5.74) is 6.52. The molecule has 1 aliphatic heterocycles. The number of aromatic nitrogens is 1. The average Bonchev–Trinajstić information content (AvgIpc) is 2.55. The highest BCUT2D eigenvalue weighted by Crippen LogP contribution is 2.29. The standard InChI is InChI=1S/C16H18ClN3O2/c17-13-3-4-14(16-12(13)2-1-7-19-16)22-10-15(21)20-8-5-11(18)6-9-20/h1-4,7,11H,5-6,8-10,18H2. The normalized spacial score (nSPS) is 16.0. The number of nitrogens with zero attached hydrogens (tertiary/aromatic N) is 2. The van der Waals surface area contributed by atoms with Crippen molar-refractivity contribution in [2.45, 2.75) is 18.9 Å². The fourth-order valence-corrected chi connectivity index (χ4v) is 2.82. The molecule has 1 fully saturated rings. The molecule has 0 bridgehead atoms. The van der Waals surface area contributed by atoms with Gasteiger partial charge in [-0.15, -0.1) is 0 Å². The van der Waals surface area contributed by atoms with Crippen LogP contribution in [0.1, 0.15) is 12.8 Å². The zero-order valence-corrected chi connectivity index (χ0v) is 12.9. The lowest BCUT2D eigenvalue weighted by Crippen LogP contribution is -2.44. The molecule has 0 spiro atoms. The fraction of sp³-hybridized carbons (Fsp3) is 0.375. The number of hydrogen-bond donors (Lipinski definition) is 1. The van der Waals surface area contributed by atoms with Crippen LogP contribution in [-0.2, 0) is 4.79 Å². The summed E-state index contributed by atoms with van der Waals surface area (Å²) in [6.07, 6.45) is 3.37. The Morgan fingerprint density at radius 3 is 2.91 bits per heavy atom. The molecule has 116 valence electrons. The van der Waals surface area contributed by atoms with Crippen LogP contribution in [0, 0.1) is 0 Å². The quantitative estimate of drug-likeness (QED) is 0.942. The van der Waals surface area contributed by atoms with Crippen molar-refractivity contribution in [2.75, 3.05) is 19.7 Å². The van der Waals surface area contributed by atoms with Crippen LogP contribution in [-0.4, -0.2) is 41.5 Å². The summed E-state index contributed by atoms with van der Waals surface area (Å²) < 4.78 is 5.67. The molecule has 1 saturated heterocycles. The highest BCUT2D eigenvalue weighted by atomic mass is 35.5. The lowest BCUT2D eigenvalue weighted by molar-refractivity contribution is -0.134. The van der Waals surface area contributed by atoms with Gasteiger partial charge in [-0.25, -0.2) is 0 Å². The Morgan fingerprint density at radius 2 is 2.14 bits per heavy atom. The van der Waals surface area contributed by atoms with Crippen LogP contribution >= 0.6 is 11.6 Å². The van der Waals surface area contributed by atoms with E-state index in [-0.39, 0.29) is 18.6 Å². The number of piperidine rings is 1. The van der Waals surface area contributed by atoms with E-state index in [0.29, 0.717) is 29.4 Å². The number of halogens is 1.